The highest BCUT2D eigenvalue weighted by atomic mass is 16.5. The smallest absolute Gasteiger partial charge is 0.407 e. The SMILES string of the molecule is COCCn1ccc2cc(NC(=O)CNC(=O)OC)ccc21. The number of amides is 2. The van der Waals surface area contributed by atoms with Crippen molar-refractivity contribution in [2.75, 3.05) is 32.7 Å². The molecule has 1 aromatic heterocycles. The van der Waals surface area contributed by atoms with Gasteiger partial charge in [-0.25, -0.2) is 4.79 Å². The third-order valence-electron chi connectivity index (χ3n) is 3.17. The van der Waals surface area contributed by atoms with Gasteiger partial charge in [0.1, 0.15) is 6.54 Å². The van der Waals surface area contributed by atoms with Crippen molar-refractivity contribution in [1.82, 2.24) is 9.88 Å². The van der Waals surface area contributed by atoms with Gasteiger partial charge in [0.2, 0.25) is 5.91 Å². The van der Waals surface area contributed by atoms with E-state index in [1.54, 1.807) is 7.11 Å². The molecule has 118 valence electrons. The van der Waals surface area contributed by atoms with E-state index in [1.165, 1.54) is 7.11 Å². The summed E-state index contributed by atoms with van der Waals surface area (Å²) in [5.74, 6) is -0.316. The number of methoxy groups -OCH3 is 2. The van der Waals surface area contributed by atoms with Gasteiger partial charge in [0.15, 0.2) is 0 Å². The lowest BCUT2D eigenvalue weighted by Gasteiger charge is -2.08. The number of aromatic nitrogens is 1. The largest absolute Gasteiger partial charge is 0.453 e. The van der Waals surface area contributed by atoms with Crippen molar-refractivity contribution < 1.29 is 19.1 Å². The topological polar surface area (TPSA) is 81.6 Å². The number of ether oxygens (including phenoxy) is 2. The van der Waals surface area contributed by atoms with E-state index in [4.69, 9.17) is 4.74 Å². The number of carbonyl (C=O) groups excluding carboxylic acids is 2. The van der Waals surface area contributed by atoms with E-state index in [0.29, 0.717) is 12.3 Å². The highest BCUT2D eigenvalue weighted by Gasteiger charge is 2.07. The first-order valence-corrected chi connectivity index (χ1v) is 6.83. The summed E-state index contributed by atoms with van der Waals surface area (Å²) >= 11 is 0. The van der Waals surface area contributed by atoms with Gasteiger partial charge in [0, 0.05) is 36.4 Å². The van der Waals surface area contributed by atoms with Crippen molar-refractivity contribution >= 4 is 28.6 Å². The summed E-state index contributed by atoms with van der Waals surface area (Å²) in [5, 5.41) is 6.07. The molecule has 0 saturated carbocycles. The zero-order chi connectivity index (χ0) is 15.9. The molecule has 2 rings (SSSR count). The second kappa shape index (κ2) is 7.46. The van der Waals surface area contributed by atoms with E-state index in [1.807, 2.05) is 30.5 Å². The Bertz CT molecular complexity index is 666. The number of anilines is 1. The maximum Gasteiger partial charge on any atom is 0.407 e. The van der Waals surface area contributed by atoms with Crippen LogP contribution in [-0.4, -0.2) is 43.9 Å². The molecule has 0 saturated heterocycles. The van der Waals surface area contributed by atoms with Crippen molar-refractivity contribution in [2.24, 2.45) is 0 Å². The number of rotatable bonds is 6. The molecular formula is C15H19N3O4. The predicted molar refractivity (Wildman–Crippen MR) is 82.9 cm³/mol. The van der Waals surface area contributed by atoms with Crippen LogP contribution in [0.15, 0.2) is 30.5 Å². The molecule has 0 aliphatic heterocycles. The molecule has 0 bridgehead atoms. The molecule has 0 unspecified atom stereocenters. The average Bonchev–Trinajstić information content (AvgIpc) is 2.92. The summed E-state index contributed by atoms with van der Waals surface area (Å²) in [6.07, 6.45) is 1.34. The lowest BCUT2D eigenvalue weighted by Crippen LogP contribution is -2.32. The summed E-state index contributed by atoms with van der Waals surface area (Å²) in [6.45, 7) is 1.27. The van der Waals surface area contributed by atoms with Crippen LogP contribution < -0.4 is 10.6 Å². The maximum absolute atomic E-state index is 11.7. The Kier molecular flexibility index (Phi) is 5.37. The quantitative estimate of drug-likeness (QED) is 0.849. The summed E-state index contributed by atoms with van der Waals surface area (Å²) in [5.41, 5.74) is 1.75. The van der Waals surface area contributed by atoms with Gasteiger partial charge in [-0.1, -0.05) is 0 Å². The van der Waals surface area contributed by atoms with Crippen molar-refractivity contribution in [3.63, 3.8) is 0 Å². The van der Waals surface area contributed by atoms with E-state index in [0.717, 1.165) is 17.4 Å². The Morgan fingerprint density at radius 2 is 2.05 bits per heavy atom. The van der Waals surface area contributed by atoms with Crippen LogP contribution in [0, 0.1) is 0 Å². The van der Waals surface area contributed by atoms with Gasteiger partial charge in [0.05, 0.1) is 13.7 Å². The first-order chi connectivity index (χ1) is 10.6. The third-order valence-corrected chi connectivity index (χ3v) is 3.17. The van der Waals surface area contributed by atoms with E-state index in [-0.39, 0.29) is 12.5 Å². The van der Waals surface area contributed by atoms with Gasteiger partial charge < -0.3 is 24.7 Å². The molecule has 0 spiro atoms. The Balaban J connectivity index is 2.00. The highest BCUT2D eigenvalue weighted by molar-refractivity contribution is 5.96. The van der Waals surface area contributed by atoms with Gasteiger partial charge in [-0.2, -0.15) is 0 Å². The predicted octanol–water partition coefficient (Wildman–Crippen LogP) is 1.58. The van der Waals surface area contributed by atoms with E-state index in [9.17, 15) is 9.59 Å². The van der Waals surface area contributed by atoms with Gasteiger partial charge in [0.25, 0.3) is 0 Å². The molecule has 1 aromatic carbocycles. The maximum atomic E-state index is 11.7. The standard InChI is InChI=1S/C15H19N3O4/c1-21-8-7-18-6-5-11-9-12(3-4-13(11)18)17-14(19)10-16-15(20)22-2/h3-6,9H,7-8,10H2,1-2H3,(H,16,20)(H,17,19). The number of fused-ring (bicyclic) bond motifs is 1. The van der Waals surface area contributed by atoms with Crippen LogP contribution >= 0.6 is 0 Å². The molecule has 0 aliphatic carbocycles. The van der Waals surface area contributed by atoms with Crippen LogP contribution in [0.3, 0.4) is 0 Å². The molecule has 0 radical (unpaired) electrons. The average molecular weight is 305 g/mol. The lowest BCUT2D eigenvalue weighted by atomic mass is 10.2. The molecule has 0 atom stereocenters. The number of carbonyl (C=O) groups is 2. The molecule has 0 aliphatic rings. The lowest BCUT2D eigenvalue weighted by molar-refractivity contribution is -0.115. The van der Waals surface area contributed by atoms with Gasteiger partial charge in [-0.05, 0) is 24.3 Å². The van der Waals surface area contributed by atoms with Crippen molar-refractivity contribution in [2.45, 2.75) is 6.54 Å². The fraction of sp³-hybridized carbons (Fsp3) is 0.333. The van der Waals surface area contributed by atoms with Crippen molar-refractivity contribution in [3.8, 4) is 0 Å². The van der Waals surface area contributed by atoms with Crippen LogP contribution in [0.1, 0.15) is 0 Å². The Morgan fingerprint density at radius 1 is 1.23 bits per heavy atom. The minimum atomic E-state index is -0.638. The van der Waals surface area contributed by atoms with Crippen molar-refractivity contribution in [1.29, 1.82) is 0 Å². The molecule has 22 heavy (non-hydrogen) atoms. The molecule has 2 N–H and O–H groups in total. The molecule has 2 amide bonds. The highest BCUT2D eigenvalue weighted by Crippen LogP contribution is 2.20. The monoisotopic (exact) mass is 305 g/mol. The van der Waals surface area contributed by atoms with Crippen LogP contribution in [0.4, 0.5) is 10.5 Å². The third kappa shape index (κ3) is 3.98. The normalized spacial score (nSPS) is 10.5. The molecule has 2 aromatic rings. The minimum Gasteiger partial charge on any atom is -0.453 e. The van der Waals surface area contributed by atoms with Crippen LogP contribution in [0.25, 0.3) is 10.9 Å². The minimum absolute atomic E-state index is 0.139. The van der Waals surface area contributed by atoms with E-state index >= 15 is 0 Å². The number of hydrogen-bond acceptors (Lipinski definition) is 4. The first-order valence-electron chi connectivity index (χ1n) is 6.83. The van der Waals surface area contributed by atoms with Crippen LogP contribution in [-0.2, 0) is 20.8 Å². The number of nitrogens with zero attached hydrogens (tertiary/aromatic N) is 1. The summed E-state index contributed by atoms with van der Waals surface area (Å²) in [6, 6.07) is 7.62. The zero-order valence-electron chi connectivity index (χ0n) is 12.6. The number of alkyl carbamates (subject to hydrolysis) is 1. The second-order valence-corrected chi connectivity index (χ2v) is 4.67. The fourth-order valence-electron chi connectivity index (χ4n) is 2.09. The van der Waals surface area contributed by atoms with Gasteiger partial charge in [-0.15, -0.1) is 0 Å². The summed E-state index contributed by atoms with van der Waals surface area (Å²) < 4.78 is 11.6. The fourth-order valence-corrected chi connectivity index (χ4v) is 2.09. The summed E-state index contributed by atoms with van der Waals surface area (Å²) in [4.78, 5) is 22.6. The Labute approximate surface area is 128 Å². The molecular weight excluding hydrogens is 286 g/mol. The molecule has 0 fully saturated rings. The molecule has 1 heterocycles. The molecule has 7 heteroatoms. The zero-order valence-corrected chi connectivity index (χ0v) is 12.6. The van der Waals surface area contributed by atoms with E-state index in [2.05, 4.69) is 19.9 Å². The van der Waals surface area contributed by atoms with Crippen LogP contribution in [0.5, 0.6) is 0 Å². The van der Waals surface area contributed by atoms with Gasteiger partial charge in [-0.3, -0.25) is 4.79 Å². The number of hydrogen-bond donors (Lipinski definition) is 2. The van der Waals surface area contributed by atoms with Crippen LogP contribution in [0.2, 0.25) is 0 Å². The van der Waals surface area contributed by atoms with E-state index < -0.39 is 6.09 Å². The Morgan fingerprint density at radius 3 is 2.77 bits per heavy atom. The van der Waals surface area contributed by atoms with Gasteiger partial charge >= 0.3 is 6.09 Å². The second-order valence-electron chi connectivity index (χ2n) is 4.67. The number of nitrogens with one attached hydrogen (secondary N) is 2. The number of benzene rings is 1. The molecule has 7 nitrogen and oxygen atoms in total. The Hall–Kier alpha value is -2.54. The summed E-state index contributed by atoms with van der Waals surface area (Å²) in [7, 11) is 2.91. The van der Waals surface area contributed by atoms with Crippen molar-refractivity contribution in [3.05, 3.63) is 30.5 Å². The first kappa shape index (κ1) is 15.8.